The lowest BCUT2D eigenvalue weighted by Gasteiger charge is -2.18. The molecule has 0 bridgehead atoms. The standard InChI is InChI=1S/C31H33N3O5/c1-20(32-18-30(38)26-8-10-29(37)28(16-26)34-19-35)11-21-3-2-4-22(12-21)14-31(39)33-17-23-5-6-25-15-27(36)9-7-24(25)13-23/h2-10,12-13,15-16,19-20,30,32,36-38H,11,14,17-18H2,1H3,(H,33,39)(H,34,35)/t20-,30+/m1/s1. The van der Waals surface area contributed by atoms with Gasteiger partial charge in [-0.15, -0.1) is 0 Å². The Kier molecular flexibility index (Phi) is 9.14. The van der Waals surface area contributed by atoms with Gasteiger partial charge in [-0.1, -0.05) is 48.5 Å². The Morgan fingerprint density at radius 3 is 2.49 bits per heavy atom. The summed E-state index contributed by atoms with van der Waals surface area (Å²) in [6, 6.07) is 23.7. The maximum Gasteiger partial charge on any atom is 0.224 e. The number of aromatic hydroxyl groups is 2. The fourth-order valence-electron chi connectivity index (χ4n) is 4.50. The fourth-order valence-corrected chi connectivity index (χ4v) is 4.50. The van der Waals surface area contributed by atoms with Gasteiger partial charge < -0.3 is 31.3 Å². The predicted octanol–water partition coefficient (Wildman–Crippen LogP) is 3.93. The van der Waals surface area contributed by atoms with Gasteiger partial charge in [-0.05, 0) is 76.7 Å². The van der Waals surface area contributed by atoms with Gasteiger partial charge in [0.25, 0.3) is 0 Å². The second-order valence-electron chi connectivity index (χ2n) is 9.71. The van der Waals surface area contributed by atoms with E-state index in [2.05, 4.69) is 16.0 Å². The molecule has 4 aromatic carbocycles. The van der Waals surface area contributed by atoms with E-state index in [0.717, 1.165) is 27.5 Å². The first-order valence-corrected chi connectivity index (χ1v) is 12.8. The van der Waals surface area contributed by atoms with E-state index in [1.807, 2.05) is 55.5 Å². The van der Waals surface area contributed by atoms with Crippen LogP contribution >= 0.6 is 0 Å². The van der Waals surface area contributed by atoms with E-state index in [0.29, 0.717) is 31.5 Å². The molecule has 202 valence electrons. The molecule has 0 saturated carbocycles. The van der Waals surface area contributed by atoms with Gasteiger partial charge in [0.15, 0.2) is 0 Å². The van der Waals surface area contributed by atoms with Crippen molar-refractivity contribution in [3.63, 3.8) is 0 Å². The van der Waals surface area contributed by atoms with Crippen molar-refractivity contribution in [2.45, 2.75) is 38.5 Å². The molecule has 8 heteroatoms. The largest absolute Gasteiger partial charge is 0.508 e. The van der Waals surface area contributed by atoms with Crippen LogP contribution in [0.25, 0.3) is 10.8 Å². The number of hydrogen-bond acceptors (Lipinski definition) is 6. The monoisotopic (exact) mass is 527 g/mol. The maximum absolute atomic E-state index is 12.6. The van der Waals surface area contributed by atoms with Crippen molar-refractivity contribution in [3.8, 4) is 11.5 Å². The van der Waals surface area contributed by atoms with E-state index >= 15 is 0 Å². The number of carbonyl (C=O) groups excluding carboxylic acids is 2. The lowest BCUT2D eigenvalue weighted by molar-refractivity contribution is -0.120. The summed E-state index contributed by atoms with van der Waals surface area (Å²) in [5.74, 6) is 0.0963. The highest BCUT2D eigenvalue weighted by atomic mass is 16.3. The molecule has 6 N–H and O–H groups in total. The first-order chi connectivity index (χ1) is 18.8. The third kappa shape index (κ3) is 7.80. The molecule has 39 heavy (non-hydrogen) atoms. The molecule has 2 amide bonds. The SMILES string of the molecule is C[C@H](Cc1cccc(CC(=O)NCc2ccc3cc(O)ccc3c2)c1)NC[C@H](O)c1ccc(O)c(NC=O)c1. The number of phenolic OH excluding ortho intramolecular Hbond substituents is 2. The first-order valence-electron chi connectivity index (χ1n) is 12.8. The Bertz CT molecular complexity index is 1460. The van der Waals surface area contributed by atoms with Gasteiger partial charge in [-0.25, -0.2) is 0 Å². The van der Waals surface area contributed by atoms with Crippen LogP contribution in [0.15, 0.2) is 78.9 Å². The summed E-state index contributed by atoms with van der Waals surface area (Å²) in [6.45, 7) is 2.74. The zero-order valence-electron chi connectivity index (χ0n) is 21.7. The molecule has 0 aliphatic rings. The number of rotatable bonds is 12. The van der Waals surface area contributed by atoms with Crippen LogP contribution in [0.3, 0.4) is 0 Å². The number of aliphatic hydroxyl groups is 1. The zero-order valence-corrected chi connectivity index (χ0v) is 21.7. The second-order valence-corrected chi connectivity index (χ2v) is 9.71. The third-order valence-electron chi connectivity index (χ3n) is 6.56. The summed E-state index contributed by atoms with van der Waals surface area (Å²) in [5.41, 5.74) is 3.81. The van der Waals surface area contributed by atoms with Crippen molar-refractivity contribution in [2.24, 2.45) is 0 Å². The van der Waals surface area contributed by atoms with E-state index in [1.54, 1.807) is 24.3 Å². The number of amides is 2. The summed E-state index contributed by atoms with van der Waals surface area (Å²) >= 11 is 0. The molecule has 8 nitrogen and oxygen atoms in total. The Morgan fingerprint density at radius 1 is 0.897 bits per heavy atom. The number of aliphatic hydroxyl groups excluding tert-OH is 1. The molecule has 2 atom stereocenters. The van der Waals surface area contributed by atoms with Crippen molar-refractivity contribution in [1.29, 1.82) is 0 Å². The van der Waals surface area contributed by atoms with Gasteiger partial charge in [0.05, 0.1) is 18.2 Å². The minimum Gasteiger partial charge on any atom is -0.508 e. The van der Waals surface area contributed by atoms with Gasteiger partial charge in [-0.3, -0.25) is 9.59 Å². The van der Waals surface area contributed by atoms with Gasteiger partial charge in [0, 0.05) is 19.1 Å². The quantitative estimate of drug-likeness (QED) is 0.122. The van der Waals surface area contributed by atoms with Crippen LogP contribution in [-0.4, -0.2) is 40.2 Å². The van der Waals surface area contributed by atoms with Gasteiger partial charge in [0.1, 0.15) is 11.5 Å². The third-order valence-corrected chi connectivity index (χ3v) is 6.56. The number of fused-ring (bicyclic) bond motifs is 1. The molecule has 4 rings (SSSR count). The van der Waals surface area contributed by atoms with E-state index in [1.165, 1.54) is 6.07 Å². The van der Waals surface area contributed by atoms with Gasteiger partial charge in [0.2, 0.25) is 12.3 Å². The molecular formula is C31H33N3O5. The molecule has 0 aliphatic heterocycles. The van der Waals surface area contributed by atoms with Crippen molar-refractivity contribution >= 4 is 28.8 Å². The summed E-state index contributed by atoms with van der Waals surface area (Å²) in [6.07, 6.45) is 0.642. The Morgan fingerprint density at radius 2 is 1.67 bits per heavy atom. The number of phenols is 2. The Hall–Kier alpha value is -4.40. The summed E-state index contributed by atoms with van der Waals surface area (Å²) in [7, 11) is 0. The van der Waals surface area contributed by atoms with Crippen LogP contribution in [0.4, 0.5) is 5.69 Å². The zero-order chi connectivity index (χ0) is 27.8. The van der Waals surface area contributed by atoms with Crippen LogP contribution < -0.4 is 16.0 Å². The smallest absolute Gasteiger partial charge is 0.224 e. The second kappa shape index (κ2) is 12.9. The van der Waals surface area contributed by atoms with Gasteiger partial charge in [-0.2, -0.15) is 0 Å². The number of hydrogen-bond donors (Lipinski definition) is 6. The highest BCUT2D eigenvalue weighted by molar-refractivity contribution is 5.84. The first kappa shape index (κ1) is 27.6. The molecule has 0 radical (unpaired) electrons. The predicted molar refractivity (Wildman–Crippen MR) is 152 cm³/mol. The van der Waals surface area contributed by atoms with Crippen molar-refractivity contribution in [2.75, 3.05) is 11.9 Å². The average molecular weight is 528 g/mol. The maximum atomic E-state index is 12.6. The summed E-state index contributed by atoms with van der Waals surface area (Å²) in [5, 5.41) is 40.6. The van der Waals surface area contributed by atoms with Crippen LogP contribution in [0.5, 0.6) is 11.5 Å². The topological polar surface area (TPSA) is 131 Å². The van der Waals surface area contributed by atoms with E-state index in [-0.39, 0.29) is 35.6 Å². The van der Waals surface area contributed by atoms with Crippen molar-refractivity contribution < 1.29 is 24.9 Å². The number of benzene rings is 4. The lowest BCUT2D eigenvalue weighted by atomic mass is 10.0. The highest BCUT2D eigenvalue weighted by Crippen LogP contribution is 2.26. The average Bonchev–Trinajstić information content (AvgIpc) is 2.92. The molecule has 0 heterocycles. The molecular weight excluding hydrogens is 494 g/mol. The molecule has 0 unspecified atom stereocenters. The minimum absolute atomic E-state index is 0.0585. The van der Waals surface area contributed by atoms with Crippen LogP contribution in [0.1, 0.15) is 35.3 Å². The van der Waals surface area contributed by atoms with Crippen molar-refractivity contribution in [3.05, 3.63) is 101 Å². The number of anilines is 1. The molecule has 0 fully saturated rings. The molecule has 0 aliphatic carbocycles. The van der Waals surface area contributed by atoms with Crippen LogP contribution in [0.2, 0.25) is 0 Å². The van der Waals surface area contributed by atoms with Crippen LogP contribution in [0, 0.1) is 0 Å². The molecule has 0 saturated heterocycles. The molecule has 0 aromatic heterocycles. The normalized spacial score (nSPS) is 12.6. The highest BCUT2D eigenvalue weighted by Gasteiger charge is 2.13. The summed E-state index contributed by atoms with van der Waals surface area (Å²) in [4.78, 5) is 23.3. The molecule has 4 aromatic rings. The summed E-state index contributed by atoms with van der Waals surface area (Å²) < 4.78 is 0. The van der Waals surface area contributed by atoms with E-state index in [9.17, 15) is 24.9 Å². The van der Waals surface area contributed by atoms with E-state index < -0.39 is 6.10 Å². The van der Waals surface area contributed by atoms with Crippen molar-refractivity contribution in [1.82, 2.24) is 10.6 Å². The lowest BCUT2D eigenvalue weighted by Crippen LogP contribution is -2.32. The number of carbonyl (C=O) groups is 2. The fraction of sp³-hybridized carbons (Fsp3) is 0.226. The Balaban J connectivity index is 1.26. The minimum atomic E-state index is -0.815. The Labute approximate surface area is 227 Å². The van der Waals surface area contributed by atoms with Gasteiger partial charge >= 0.3 is 0 Å². The number of nitrogens with one attached hydrogen (secondary N) is 3. The van der Waals surface area contributed by atoms with E-state index in [4.69, 9.17) is 0 Å². The van der Waals surface area contributed by atoms with Crippen LogP contribution in [-0.2, 0) is 29.0 Å². The molecule has 0 spiro atoms.